The highest BCUT2D eigenvalue weighted by molar-refractivity contribution is 7.13. The first-order valence-electron chi connectivity index (χ1n) is 6.97. The molecule has 0 unspecified atom stereocenters. The summed E-state index contributed by atoms with van der Waals surface area (Å²) >= 11 is 1.45. The molecule has 0 bridgehead atoms. The number of rotatable bonds is 7. The zero-order chi connectivity index (χ0) is 15.3. The van der Waals surface area contributed by atoms with Crippen molar-refractivity contribution in [2.45, 2.75) is 32.1 Å². The fourth-order valence-electron chi connectivity index (χ4n) is 1.88. The Morgan fingerprint density at radius 3 is 2.71 bits per heavy atom. The van der Waals surface area contributed by atoms with Crippen molar-refractivity contribution in [3.63, 3.8) is 0 Å². The Labute approximate surface area is 128 Å². The van der Waals surface area contributed by atoms with Crippen LogP contribution in [0.15, 0.2) is 35.7 Å². The minimum atomic E-state index is -0.944. The second-order valence-electron chi connectivity index (χ2n) is 5.48. The van der Waals surface area contributed by atoms with E-state index >= 15 is 0 Å². The molecule has 21 heavy (non-hydrogen) atoms. The van der Waals surface area contributed by atoms with E-state index < -0.39 is 11.4 Å². The van der Waals surface area contributed by atoms with Crippen LogP contribution in [0.3, 0.4) is 0 Å². The molecule has 2 N–H and O–H groups in total. The number of nitrogens with zero attached hydrogens (tertiary/aromatic N) is 1. The van der Waals surface area contributed by atoms with Crippen molar-refractivity contribution in [3.05, 3.63) is 47.0 Å². The van der Waals surface area contributed by atoms with E-state index in [2.05, 4.69) is 22.4 Å². The molecule has 4 nitrogen and oxygen atoms in total. The summed E-state index contributed by atoms with van der Waals surface area (Å²) in [6.45, 7) is 4.17. The van der Waals surface area contributed by atoms with Crippen molar-refractivity contribution >= 4 is 22.4 Å². The van der Waals surface area contributed by atoms with E-state index in [9.17, 15) is 9.90 Å². The number of benzene rings is 1. The van der Waals surface area contributed by atoms with Crippen molar-refractivity contribution in [1.82, 2.24) is 4.98 Å². The average Bonchev–Trinajstić information content (AvgIpc) is 2.94. The highest BCUT2D eigenvalue weighted by Crippen LogP contribution is 2.27. The molecule has 0 fully saturated rings. The smallest absolute Gasteiger partial charge is 0.315 e. The van der Waals surface area contributed by atoms with E-state index in [1.165, 1.54) is 16.9 Å². The normalized spacial score (nSPS) is 11.3. The predicted molar refractivity (Wildman–Crippen MR) is 86.0 cm³/mol. The fraction of sp³-hybridized carbons (Fsp3) is 0.375. The maximum Gasteiger partial charge on any atom is 0.315 e. The number of carboxylic acid groups (broad SMARTS) is 1. The monoisotopic (exact) mass is 304 g/mol. The lowest BCUT2D eigenvalue weighted by molar-refractivity contribution is -0.142. The number of carbonyl (C=O) groups is 1. The number of nitrogens with one attached hydrogen (secondary N) is 1. The first kappa shape index (κ1) is 15.5. The number of hydrogen-bond donors (Lipinski definition) is 2. The molecule has 112 valence electrons. The molecule has 2 rings (SSSR count). The van der Waals surface area contributed by atoms with Crippen molar-refractivity contribution in [2.24, 2.45) is 0 Å². The van der Waals surface area contributed by atoms with Gasteiger partial charge in [0.15, 0.2) is 5.13 Å². The molecule has 1 aromatic heterocycles. The fourth-order valence-corrected chi connectivity index (χ4v) is 2.79. The Balaban J connectivity index is 1.82. The third-order valence-electron chi connectivity index (χ3n) is 3.44. The van der Waals surface area contributed by atoms with Gasteiger partial charge in [0.2, 0.25) is 0 Å². The molecule has 5 heteroatoms. The number of anilines is 1. The quantitative estimate of drug-likeness (QED) is 0.768. The number of hydrogen-bond acceptors (Lipinski definition) is 4. The van der Waals surface area contributed by atoms with Gasteiger partial charge in [-0.15, -0.1) is 11.3 Å². The molecule has 0 radical (unpaired) electrons. The molecule has 0 saturated carbocycles. The Morgan fingerprint density at radius 1 is 1.33 bits per heavy atom. The molecule has 0 aliphatic carbocycles. The van der Waals surface area contributed by atoms with E-state index in [0.717, 1.165) is 24.5 Å². The van der Waals surface area contributed by atoms with Crippen LogP contribution in [0, 0.1) is 0 Å². The second-order valence-corrected chi connectivity index (χ2v) is 6.34. The van der Waals surface area contributed by atoms with Crippen LogP contribution in [0.1, 0.15) is 31.5 Å². The Hall–Kier alpha value is -1.88. The molecule has 1 heterocycles. The van der Waals surface area contributed by atoms with Gasteiger partial charge in [0.1, 0.15) is 5.41 Å². The van der Waals surface area contributed by atoms with Gasteiger partial charge in [0.05, 0.1) is 5.69 Å². The van der Waals surface area contributed by atoms with Crippen molar-refractivity contribution < 1.29 is 9.90 Å². The molecule has 0 saturated heterocycles. The average molecular weight is 304 g/mol. The summed E-state index contributed by atoms with van der Waals surface area (Å²) in [6.07, 6.45) is 2.04. The molecular formula is C16H20N2O2S. The highest BCUT2D eigenvalue weighted by Gasteiger charge is 2.32. The first-order valence-corrected chi connectivity index (χ1v) is 7.85. The number of aromatic nitrogens is 1. The minimum absolute atomic E-state index is 0.602. The topological polar surface area (TPSA) is 62.2 Å². The van der Waals surface area contributed by atoms with Gasteiger partial charge < -0.3 is 10.4 Å². The van der Waals surface area contributed by atoms with Crippen LogP contribution in [0.5, 0.6) is 0 Å². The van der Waals surface area contributed by atoms with Gasteiger partial charge >= 0.3 is 5.97 Å². The van der Waals surface area contributed by atoms with Crippen molar-refractivity contribution in [2.75, 3.05) is 11.9 Å². The van der Waals surface area contributed by atoms with Crippen LogP contribution in [-0.2, 0) is 16.6 Å². The van der Waals surface area contributed by atoms with Crippen molar-refractivity contribution in [1.29, 1.82) is 0 Å². The maximum absolute atomic E-state index is 11.2. The second kappa shape index (κ2) is 6.72. The van der Waals surface area contributed by atoms with Gasteiger partial charge in [-0.2, -0.15) is 0 Å². The summed E-state index contributed by atoms with van der Waals surface area (Å²) in [5, 5.41) is 15.0. The van der Waals surface area contributed by atoms with E-state index in [1.807, 2.05) is 23.6 Å². The molecular weight excluding hydrogens is 284 g/mol. The van der Waals surface area contributed by atoms with E-state index in [-0.39, 0.29) is 0 Å². The molecule has 2 aromatic rings. The molecule has 0 aliphatic rings. The largest absolute Gasteiger partial charge is 0.481 e. The zero-order valence-electron chi connectivity index (χ0n) is 12.3. The van der Waals surface area contributed by atoms with E-state index in [0.29, 0.717) is 5.69 Å². The Morgan fingerprint density at radius 2 is 2.05 bits per heavy atom. The number of aliphatic carboxylic acids is 1. The van der Waals surface area contributed by atoms with Crippen LogP contribution < -0.4 is 5.32 Å². The van der Waals surface area contributed by atoms with Gasteiger partial charge in [-0.25, -0.2) is 4.98 Å². The van der Waals surface area contributed by atoms with Crippen LogP contribution >= 0.6 is 11.3 Å². The minimum Gasteiger partial charge on any atom is -0.481 e. The summed E-state index contributed by atoms with van der Waals surface area (Å²) in [6, 6.07) is 10.4. The van der Waals surface area contributed by atoms with Crippen LogP contribution in [-0.4, -0.2) is 22.6 Å². The summed E-state index contributed by atoms with van der Waals surface area (Å²) in [4.78, 5) is 15.6. The lowest BCUT2D eigenvalue weighted by Crippen LogP contribution is -2.28. The number of thiazole rings is 1. The molecule has 0 spiro atoms. The predicted octanol–water partition coefficient (Wildman–Crippen LogP) is 3.55. The van der Waals surface area contributed by atoms with Gasteiger partial charge in [-0.3, -0.25) is 4.79 Å². The third kappa shape index (κ3) is 4.04. The van der Waals surface area contributed by atoms with Gasteiger partial charge in [-0.05, 0) is 32.3 Å². The van der Waals surface area contributed by atoms with E-state index in [4.69, 9.17) is 0 Å². The summed E-state index contributed by atoms with van der Waals surface area (Å²) in [5.41, 5.74) is 0.984. The Kier molecular flexibility index (Phi) is 4.96. The highest BCUT2D eigenvalue weighted by atomic mass is 32.1. The third-order valence-corrected chi connectivity index (χ3v) is 4.24. The lowest BCUT2D eigenvalue weighted by atomic mass is 9.90. The summed E-state index contributed by atoms with van der Waals surface area (Å²) in [7, 11) is 0. The molecule has 0 atom stereocenters. The Bertz CT molecular complexity index is 593. The van der Waals surface area contributed by atoms with Gasteiger partial charge in [0.25, 0.3) is 0 Å². The summed E-state index contributed by atoms with van der Waals surface area (Å²) in [5.74, 6) is -0.858. The van der Waals surface area contributed by atoms with Crippen LogP contribution in [0.25, 0.3) is 0 Å². The maximum atomic E-state index is 11.2. The molecule has 0 aliphatic heterocycles. The molecule has 0 amide bonds. The van der Waals surface area contributed by atoms with Crippen molar-refractivity contribution in [3.8, 4) is 0 Å². The molecule has 1 aromatic carbocycles. The summed E-state index contributed by atoms with van der Waals surface area (Å²) < 4.78 is 0. The van der Waals surface area contributed by atoms with Gasteiger partial charge in [-0.1, -0.05) is 30.3 Å². The SMILES string of the molecule is CC(C)(C(=O)O)c1csc(NCCCc2ccccc2)n1. The first-order chi connectivity index (χ1) is 10.00. The number of aryl methyl sites for hydroxylation is 1. The van der Waals surface area contributed by atoms with Gasteiger partial charge in [0, 0.05) is 11.9 Å². The standard InChI is InChI=1S/C16H20N2O2S/c1-16(2,14(19)20)13-11-21-15(18-13)17-10-6-9-12-7-4-3-5-8-12/h3-5,7-8,11H,6,9-10H2,1-2H3,(H,17,18)(H,19,20). The number of carboxylic acids is 1. The van der Waals surface area contributed by atoms with Crippen LogP contribution in [0.2, 0.25) is 0 Å². The lowest BCUT2D eigenvalue weighted by Gasteiger charge is -2.15. The van der Waals surface area contributed by atoms with E-state index in [1.54, 1.807) is 13.8 Å². The van der Waals surface area contributed by atoms with Crippen LogP contribution in [0.4, 0.5) is 5.13 Å². The zero-order valence-corrected chi connectivity index (χ0v) is 13.1.